The van der Waals surface area contributed by atoms with Crippen LogP contribution in [0.2, 0.25) is 0 Å². The summed E-state index contributed by atoms with van der Waals surface area (Å²) in [7, 11) is 0. The average molecular weight is 426 g/mol. The first-order valence-electron chi connectivity index (χ1n) is 11.9. The van der Waals surface area contributed by atoms with Gasteiger partial charge in [-0.3, -0.25) is 0 Å². The zero-order valence-corrected chi connectivity index (χ0v) is 18.9. The molecule has 0 aliphatic heterocycles. The Morgan fingerprint density at radius 1 is 0.906 bits per heavy atom. The molecule has 0 spiro atoms. The average Bonchev–Trinajstić information content (AvgIpc) is 2.84. The summed E-state index contributed by atoms with van der Waals surface area (Å²) in [5.41, 5.74) is 5.43. The summed E-state index contributed by atoms with van der Waals surface area (Å²) < 4.78 is 14.0. The van der Waals surface area contributed by atoms with Crippen molar-refractivity contribution in [1.82, 2.24) is 0 Å². The van der Waals surface area contributed by atoms with Crippen LogP contribution in [0.4, 0.5) is 4.39 Å². The third-order valence-corrected chi connectivity index (χ3v) is 7.21. The van der Waals surface area contributed by atoms with E-state index in [1.165, 1.54) is 36.0 Å². The molecular formula is C30H32FN. The Bertz CT molecular complexity index is 1040. The molecule has 0 bridgehead atoms. The van der Waals surface area contributed by atoms with Gasteiger partial charge in [-0.25, -0.2) is 4.39 Å². The molecule has 164 valence electrons. The maximum absolute atomic E-state index is 14.0. The lowest BCUT2D eigenvalue weighted by atomic mass is 9.77. The van der Waals surface area contributed by atoms with Gasteiger partial charge >= 0.3 is 0 Å². The van der Waals surface area contributed by atoms with Crippen molar-refractivity contribution >= 4 is 0 Å². The van der Waals surface area contributed by atoms with E-state index in [4.69, 9.17) is 5.26 Å². The highest BCUT2D eigenvalue weighted by molar-refractivity contribution is 5.35. The van der Waals surface area contributed by atoms with E-state index in [1.807, 2.05) is 12.1 Å². The predicted octanol–water partition coefficient (Wildman–Crippen LogP) is 7.95. The Labute approximate surface area is 191 Å². The molecule has 1 atom stereocenters. The smallest absolute Gasteiger partial charge is 0.141 e. The fourth-order valence-corrected chi connectivity index (χ4v) is 5.13. The van der Waals surface area contributed by atoms with Crippen LogP contribution in [0, 0.1) is 23.1 Å². The van der Waals surface area contributed by atoms with Gasteiger partial charge in [0.1, 0.15) is 11.9 Å². The van der Waals surface area contributed by atoms with Gasteiger partial charge in [-0.05, 0) is 97.1 Å². The molecule has 0 N–H and O–H groups in total. The second-order valence-corrected chi connectivity index (χ2v) is 9.44. The summed E-state index contributed by atoms with van der Waals surface area (Å²) >= 11 is 0. The number of nitrogens with zero attached hydrogens (tertiary/aromatic N) is 1. The van der Waals surface area contributed by atoms with Gasteiger partial charge in [0.05, 0.1) is 5.56 Å². The van der Waals surface area contributed by atoms with Gasteiger partial charge in [0, 0.05) is 0 Å². The Balaban J connectivity index is 1.23. The number of hydrogen-bond acceptors (Lipinski definition) is 1. The van der Waals surface area contributed by atoms with Crippen LogP contribution in [0.5, 0.6) is 0 Å². The van der Waals surface area contributed by atoms with E-state index in [9.17, 15) is 4.39 Å². The highest BCUT2D eigenvalue weighted by Gasteiger charge is 2.23. The van der Waals surface area contributed by atoms with Crippen LogP contribution >= 0.6 is 0 Å². The number of halogens is 1. The topological polar surface area (TPSA) is 23.8 Å². The van der Waals surface area contributed by atoms with E-state index in [-0.39, 0.29) is 11.4 Å². The molecule has 0 radical (unpaired) electrons. The molecule has 1 fully saturated rings. The molecular weight excluding hydrogens is 393 g/mol. The zero-order valence-electron chi connectivity index (χ0n) is 18.9. The van der Waals surface area contributed by atoms with Crippen molar-refractivity contribution in [3.05, 3.63) is 106 Å². The van der Waals surface area contributed by atoms with Gasteiger partial charge in [0.2, 0.25) is 0 Å². The van der Waals surface area contributed by atoms with Crippen molar-refractivity contribution in [3.63, 3.8) is 0 Å². The van der Waals surface area contributed by atoms with Gasteiger partial charge < -0.3 is 0 Å². The molecule has 32 heavy (non-hydrogen) atoms. The van der Waals surface area contributed by atoms with Crippen LogP contribution in [-0.2, 0) is 12.8 Å². The van der Waals surface area contributed by atoms with Crippen LogP contribution in [0.15, 0.2) is 72.8 Å². The fraction of sp³-hybridized carbons (Fsp3) is 0.367. The first-order valence-corrected chi connectivity index (χ1v) is 11.9. The molecule has 0 amide bonds. The summed E-state index contributed by atoms with van der Waals surface area (Å²) in [4.78, 5) is 0. The number of aryl methyl sites for hydroxylation is 1. The SMILES string of the molecule is CC(Cc1ccc(CCC2CCC(c3ccc(C#N)c(F)c3)CC2)cc1)c1ccccc1. The van der Waals surface area contributed by atoms with Gasteiger partial charge in [0.15, 0.2) is 0 Å². The third-order valence-electron chi connectivity index (χ3n) is 7.21. The predicted molar refractivity (Wildman–Crippen MR) is 129 cm³/mol. The Morgan fingerprint density at radius 3 is 2.25 bits per heavy atom. The van der Waals surface area contributed by atoms with Crippen LogP contribution in [-0.4, -0.2) is 0 Å². The molecule has 1 aliphatic rings. The Hall–Kier alpha value is -2.92. The highest BCUT2D eigenvalue weighted by atomic mass is 19.1. The first kappa shape index (κ1) is 22.3. The summed E-state index contributed by atoms with van der Waals surface area (Å²) in [6.45, 7) is 2.30. The summed E-state index contributed by atoms with van der Waals surface area (Å²) in [5.74, 6) is 1.34. The van der Waals surface area contributed by atoms with Crippen molar-refractivity contribution in [3.8, 4) is 6.07 Å². The van der Waals surface area contributed by atoms with Crippen molar-refractivity contribution in [1.29, 1.82) is 5.26 Å². The molecule has 3 aromatic carbocycles. The van der Waals surface area contributed by atoms with Crippen molar-refractivity contribution in [2.24, 2.45) is 5.92 Å². The van der Waals surface area contributed by atoms with Gasteiger partial charge in [-0.1, -0.05) is 67.6 Å². The van der Waals surface area contributed by atoms with Gasteiger partial charge in [-0.2, -0.15) is 5.26 Å². The van der Waals surface area contributed by atoms with Crippen molar-refractivity contribution in [2.45, 2.75) is 63.7 Å². The maximum Gasteiger partial charge on any atom is 0.141 e. The second-order valence-electron chi connectivity index (χ2n) is 9.44. The van der Waals surface area contributed by atoms with E-state index in [0.717, 1.165) is 37.2 Å². The van der Waals surface area contributed by atoms with Crippen LogP contribution < -0.4 is 0 Å². The normalized spacial score (nSPS) is 19.3. The molecule has 0 heterocycles. The van der Waals surface area contributed by atoms with Crippen molar-refractivity contribution in [2.75, 3.05) is 0 Å². The quantitative estimate of drug-likeness (QED) is 0.377. The minimum atomic E-state index is -0.381. The van der Waals surface area contributed by atoms with Crippen LogP contribution in [0.3, 0.4) is 0 Å². The van der Waals surface area contributed by atoms with Crippen LogP contribution in [0.25, 0.3) is 0 Å². The van der Waals surface area contributed by atoms with E-state index in [2.05, 4.69) is 61.5 Å². The number of nitriles is 1. The molecule has 2 heteroatoms. The van der Waals surface area contributed by atoms with Gasteiger partial charge in [-0.15, -0.1) is 0 Å². The molecule has 1 unspecified atom stereocenters. The van der Waals surface area contributed by atoms with Crippen LogP contribution in [0.1, 0.15) is 78.7 Å². The molecule has 1 saturated carbocycles. The standard InChI is InChI=1S/C30H32FN/c1-22(26-5-3-2-4-6-26)19-25-11-9-23(10-12-25)7-8-24-13-15-27(16-14-24)28-17-18-29(21-32)30(31)20-28/h2-6,9-12,17-18,20,22,24,27H,7-8,13-16,19H2,1H3. The second kappa shape index (κ2) is 10.6. The lowest BCUT2D eigenvalue weighted by Gasteiger charge is -2.29. The summed E-state index contributed by atoms with van der Waals surface area (Å²) in [6.07, 6.45) is 8.09. The largest absolute Gasteiger partial charge is 0.206 e. The lowest BCUT2D eigenvalue weighted by molar-refractivity contribution is 0.310. The number of rotatable bonds is 7. The highest BCUT2D eigenvalue weighted by Crippen LogP contribution is 2.38. The van der Waals surface area contributed by atoms with E-state index < -0.39 is 0 Å². The van der Waals surface area contributed by atoms with E-state index in [0.29, 0.717) is 11.8 Å². The molecule has 0 aromatic heterocycles. The Morgan fingerprint density at radius 2 is 1.59 bits per heavy atom. The fourth-order valence-electron chi connectivity index (χ4n) is 5.13. The van der Waals surface area contributed by atoms with E-state index >= 15 is 0 Å². The molecule has 1 aliphatic carbocycles. The molecule has 3 aromatic rings. The third kappa shape index (κ3) is 5.65. The van der Waals surface area contributed by atoms with Crippen molar-refractivity contribution < 1.29 is 4.39 Å². The summed E-state index contributed by atoms with van der Waals surface area (Å²) in [5, 5.41) is 8.92. The molecule has 0 saturated heterocycles. The monoisotopic (exact) mass is 425 g/mol. The lowest BCUT2D eigenvalue weighted by Crippen LogP contribution is -2.14. The minimum absolute atomic E-state index is 0.142. The molecule has 4 rings (SSSR count). The first-order chi connectivity index (χ1) is 15.6. The zero-order chi connectivity index (χ0) is 22.3. The maximum atomic E-state index is 14.0. The molecule has 1 nitrogen and oxygen atoms in total. The minimum Gasteiger partial charge on any atom is -0.206 e. The number of hydrogen-bond donors (Lipinski definition) is 0. The summed E-state index contributed by atoms with van der Waals surface area (Å²) in [6, 6.07) is 27.0. The van der Waals surface area contributed by atoms with Gasteiger partial charge in [0.25, 0.3) is 0 Å². The number of benzene rings is 3. The van der Waals surface area contributed by atoms with E-state index in [1.54, 1.807) is 12.1 Å². The Kier molecular flexibility index (Phi) is 7.38.